The van der Waals surface area contributed by atoms with E-state index in [0.717, 1.165) is 22.7 Å². The van der Waals surface area contributed by atoms with E-state index in [4.69, 9.17) is 5.73 Å². The lowest BCUT2D eigenvalue weighted by atomic mass is 9.94. The Hall–Kier alpha value is -1.14. The average molecular weight is 404 g/mol. The summed E-state index contributed by atoms with van der Waals surface area (Å²) in [4.78, 5) is 16.8. The number of aromatic nitrogens is 1. The van der Waals surface area contributed by atoms with Crippen LogP contribution in [-0.4, -0.2) is 17.4 Å². The highest BCUT2D eigenvalue weighted by molar-refractivity contribution is 7.09. The van der Waals surface area contributed by atoms with Gasteiger partial charge in [0.2, 0.25) is 5.91 Å². The second kappa shape index (κ2) is 11.5. The topological polar surface area (TPSA) is 68.0 Å². The van der Waals surface area contributed by atoms with Crippen LogP contribution < -0.4 is 11.1 Å². The number of carbonyl (C=O) groups excluding carboxylic acids is 1. The number of benzene rings is 1. The van der Waals surface area contributed by atoms with Crippen LogP contribution in [0.2, 0.25) is 0 Å². The summed E-state index contributed by atoms with van der Waals surface area (Å²) >= 11 is 1.68. The number of thiazole rings is 1. The lowest BCUT2D eigenvalue weighted by molar-refractivity contribution is -0.125. The maximum Gasteiger partial charge on any atom is 0.224 e. The van der Waals surface area contributed by atoms with Crippen LogP contribution in [0.15, 0.2) is 35.7 Å². The second-order valence-corrected chi connectivity index (χ2v) is 6.99. The summed E-state index contributed by atoms with van der Waals surface area (Å²) < 4.78 is 0. The summed E-state index contributed by atoms with van der Waals surface area (Å²) in [5.74, 6) is 0.173. The lowest BCUT2D eigenvalue weighted by Crippen LogP contribution is -2.36. The number of hydrogen-bond donors (Lipinski definition) is 2. The SMILES string of the molecule is CC(C)c1nc(CCNC(=O)C(C)C(N)c2ccccc2)cs1.Cl.Cl. The molecule has 2 unspecified atom stereocenters. The highest BCUT2D eigenvalue weighted by atomic mass is 35.5. The molecule has 0 aliphatic heterocycles. The molecule has 3 N–H and O–H groups in total. The third kappa shape index (κ3) is 6.94. The van der Waals surface area contributed by atoms with Gasteiger partial charge in [-0.05, 0) is 5.56 Å². The van der Waals surface area contributed by atoms with Crippen LogP contribution >= 0.6 is 36.2 Å². The molecule has 140 valence electrons. The van der Waals surface area contributed by atoms with Crippen molar-refractivity contribution in [1.82, 2.24) is 10.3 Å². The van der Waals surface area contributed by atoms with Crippen LogP contribution in [0.25, 0.3) is 0 Å². The molecule has 0 bridgehead atoms. The zero-order valence-corrected chi connectivity index (χ0v) is 17.2. The van der Waals surface area contributed by atoms with Crippen molar-refractivity contribution in [3.63, 3.8) is 0 Å². The molecule has 1 amide bonds. The fraction of sp³-hybridized carbons (Fsp3) is 0.444. The van der Waals surface area contributed by atoms with Crippen LogP contribution in [0.4, 0.5) is 0 Å². The van der Waals surface area contributed by atoms with Gasteiger partial charge < -0.3 is 11.1 Å². The number of amides is 1. The fourth-order valence-electron chi connectivity index (χ4n) is 2.30. The third-order valence-corrected chi connectivity index (χ3v) is 5.07. The van der Waals surface area contributed by atoms with E-state index in [9.17, 15) is 4.79 Å². The minimum Gasteiger partial charge on any atom is -0.355 e. The first-order valence-corrected chi connectivity index (χ1v) is 8.89. The van der Waals surface area contributed by atoms with Gasteiger partial charge in [-0.25, -0.2) is 4.98 Å². The molecule has 4 nitrogen and oxygen atoms in total. The number of nitrogens with one attached hydrogen (secondary N) is 1. The van der Waals surface area contributed by atoms with Gasteiger partial charge in [-0.1, -0.05) is 51.1 Å². The van der Waals surface area contributed by atoms with Crippen molar-refractivity contribution in [1.29, 1.82) is 0 Å². The summed E-state index contributed by atoms with van der Waals surface area (Å²) in [5, 5.41) is 6.18. The molecule has 0 aliphatic carbocycles. The summed E-state index contributed by atoms with van der Waals surface area (Å²) in [6.07, 6.45) is 0.752. The molecule has 0 aliphatic rings. The van der Waals surface area contributed by atoms with E-state index in [-0.39, 0.29) is 42.7 Å². The van der Waals surface area contributed by atoms with Crippen LogP contribution in [-0.2, 0) is 11.2 Å². The molecule has 0 saturated carbocycles. The molecule has 0 fully saturated rings. The van der Waals surface area contributed by atoms with E-state index in [0.29, 0.717) is 12.5 Å². The largest absolute Gasteiger partial charge is 0.355 e. The second-order valence-electron chi connectivity index (χ2n) is 6.10. The first kappa shape index (κ1) is 23.9. The highest BCUT2D eigenvalue weighted by Gasteiger charge is 2.21. The van der Waals surface area contributed by atoms with Gasteiger partial charge >= 0.3 is 0 Å². The minimum absolute atomic E-state index is 0. The Balaban J connectivity index is 0.00000288. The van der Waals surface area contributed by atoms with Gasteiger partial charge in [0.05, 0.1) is 16.6 Å². The molecular weight excluding hydrogens is 377 g/mol. The highest BCUT2D eigenvalue weighted by Crippen LogP contribution is 2.20. The molecular formula is C18H27Cl2N3OS. The number of rotatable bonds is 7. The van der Waals surface area contributed by atoms with Crippen molar-refractivity contribution in [3.05, 3.63) is 52.0 Å². The predicted molar refractivity (Wildman–Crippen MR) is 110 cm³/mol. The van der Waals surface area contributed by atoms with Crippen LogP contribution in [0.3, 0.4) is 0 Å². The van der Waals surface area contributed by atoms with Crippen molar-refractivity contribution >= 4 is 42.1 Å². The van der Waals surface area contributed by atoms with Gasteiger partial charge in [-0.3, -0.25) is 4.79 Å². The van der Waals surface area contributed by atoms with E-state index in [1.807, 2.05) is 37.3 Å². The van der Waals surface area contributed by atoms with E-state index in [2.05, 4.69) is 29.5 Å². The van der Waals surface area contributed by atoms with Gasteiger partial charge in [-0.15, -0.1) is 36.2 Å². The first-order valence-electron chi connectivity index (χ1n) is 8.01. The maximum absolute atomic E-state index is 12.3. The average Bonchev–Trinajstić information content (AvgIpc) is 3.03. The Morgan fingerprint density at radius 2 is 1.84 bits per heavy atom. The zero-order valence-electron chi connectivity index (χ0n) is 14.8. The molecule has 7 heteroatoms. The Kier molecular flexibility index (Phi) is 10.9. The Morgan fingerprint density at radius 3 is 2.40 bits per heavy atom. The Labute approximate surface area is 166 Å². The molecule has 2 atom stereocenters. The smallest absolute Gasteiger partial charge is 0.224 e. The Bertz CT molecular complexity index is 634. The molecule has 1 aromatic carbocycles. The monoisotopic (exact) mass is 403 g/mol. The van der Waals surface area contributed by atoms with Gasteiger partial charge in [0.1, 0.15) is 0 Å². The van der Waals surface area contributed by atoms with E-state index in [1.165, 1.54) is 0 Å². The summed E-state index contributed by atoms with van der Waals surface area (Å²) in [5.41, 5.74) is 8.21. The van der Waals surface area contributed by atoms with Gasteiger partial charge in [0.15, 0.2) is 0 Å². The van der Waals surface area contributed by atoms with Crippen molar-refractivity contribution in [2.45, 2.75) is 39.2 Å². The minimum atomic E-state index is -0.289. The summed E-state index contributed by atoms with van der Waals surface area (Å²) in [7, 11) is 0. The fourth-order valence-corrected chi connectivity index (χ4v) is 3.17. The molecule has 0 saturated heterocycles. The van der Waals surface area contributed by atoms with Crippen LogP contribution in [0.5, 0.6) is 0 Å². The standard InChI is InChI=1S/C18H25N3OS.2ClH/c1-12(2)18-21-15(11-23-18)9-10-20-17(22)13(3)16(19)14-7-5-4-6-8-14;;/h4-8,11-13,16H,9-10,19H2,1-3H3,(H,20,22);2*1H. The van der Waals surface area contributed by atoms with Crippen molar-refractivity contribution in [2.24, 2.45) is 11.7 Å². The third-order valence-electron chi connectivity index (χ3n) is 3.88. The summed E-state index contributed by atoms with van der Waals surface area (Å²) in [6, 6.07) is 9.44. The number of carbonyl (C=O) groups is 1. The van der Waals surface area contributed by atoms with Gasteiger partial charge in [0.25, 0.3) is 0 Å². The molecule has 2 aromatic rings. The first-order chi connectivity index (χ1) is 11.0. The van der Waals surface area contributed by atoms with Crippen molar-refractivity contribution < 1.29 is 4.79 Å². The molecule has 2 rings (SSSR count). The van der Waals surface area contributed by atoms with Crippen LogP contribution in [0.1, 0.15) is 49.0 Å². The molecule has 0 radical (unpaired) electrons. The predicted octanol–water partition coefficient (Wildman–Crippen LogP) is 4.10. The maximum atomic E-state index is 12.3. The van der Waals surface area contributed by atoms with E-state index >= 15 is 0 Å². The molecule has 1 aromatic heterocycles. The lowest BCUT2D eigenvalue weighted by Gasteiger charge is -2.19. The number of nitrogens with two attached hydrogens (primary N) is 1. The van der Waals surface area contributed by atoms with E-state index in [1.54, 1.807) is 11.3 Å². The quantitative estimate of drug-likeness (QED) is 0.730. The van der Waals surface area contributed by atoms with Gasteiger partial charge in [0, 0.05) is 30.3 Å². The van der Waals surface area contributed by atoms with Crippen molar-refractivity contribution in [3.8, 4) is 0 Å². The number of halogens is 2. The molecule has 25 heavy (non-hydrogen) atoms. The normalized spacial score (nSPS) is 12.7. The van der Waals surface area contributed by atoms with Crippen molar-refractivity contribution in [2.75, 3.05) is 6.54 Å². The van der Waals surface area contributed by atoms with Crippen LogP contribution in [0, 0.1) is 5.92 Å². The molecule has 1 heterocycles. The molecule has 0 spiro atoms. The number of nitrogens with zero attached hydrogens (tertiary/aromatic N) is 1. The number of hydrogen-bond acceptors (Lipinski definition) is 4. The van der Waals surface area contributed by atoms with Gasteiger partial charge in [-0.2, -0.15) is 0 Å². The zero-order chi connectivity index (χ0) is 16.8. The van der Waals surface area contributed by atoms with E-state index < -0.39 is 0 Å². The summed E-state index contributed by atoms with van der Waals surface area (Å²) in [6.45, 7) is 6.73. The Morgan fingerprint density at radius 1 is 1.20 bits per heavy atom.